The molecule has 96 valence electrons. The lowest BCUT2D eigenvalue weighted by Crippen LogP contribution is -2.34. The van der Waals surface area contributed by atoms with Gasteiger partial charge in [-0.3, -0.25) is 0 Å². The van der Waals surface area contributed by atoms with Gasteiger partial charge < -0.3 is 9.64 Å². The van der Waals surface area contributed by atoms with Crippen molar-refractivity contribution in [2.24, 2.45) is 5.92 Å². The van der Waals surface area contributed by atoms with Gasteiger partial charge >= 0.3 is 0 Å². The second kappa shape index (κ2) is 6.07. The molecule has 1 aromatic heterocycles. The van der Waals surface area contributed by atoms with Crippen molar-refractivity contribution < 1.29 is 4.74 Å². The standard InChI is InChI=1S/C12H20N2OS2/c1-9-4-3-5-14(6-9)12-13-10(7-15-2)11(8-16)17-12/h9,16H,3-8H2,1-2H3. The van der Waals surface area contributed by atoms with Crippen molar-refractivity contribution in [3.05, 3.63) is 10.6 Å². The Morgan fingerprint density at radius 2 is 2.41 bits per heavy atom. The lowest BCUT2D eigenvalue weighted by atomic mass is 10.0. The van der Waals surface area contributed by atoms with E-state index >= 15 is 0 Å². The van der Waals surface area contributed by atoms with E-state index in [4.69, 9.17) is 9.72 Å². The van der Waals surface area contributed by atoms with Gasteiger partial charge in [0.25, 0.3) is 0 Å². The number of hydrogen-bond acceptors (Lipinski definition) is 5. The molecule has 1 aromatic rings. The van der Waals surface area contributed by atoms with Crippen LogP contribution in [0.5, 0.6) is 0 Å². The quantitative estimate of drug-likeness (QED) is 0.853. The van der Waals surface area contributed by atoms with Gasteiger partial charge in [-0.15, -0.1) is 11.3 Å². The summed E-state index contributed by atoms with van der Waals surface area (Å²) >= 11 is 6.13. The smallest absolute Gasteiger partial charge is 0.185 e. The van der Waals surface area contributed by atoms with Crippen molar-refractivity contribution in [3.8, 4) is 0 Å². The highest BCUT2D eigenvalue weighted by Crippen LogP contribution is 2.31. The number of rotatable bonds is 4. The number of piperidine rings is 1. The zero-order chi connectivity index (χ0) is 12.3. The lowest BCUT2D eigenvalue weighted by molar-refractivity contribution is 0.181. The summed E-state index contributed by atoms with van der Waals surface area (Å²) in [6, 6.07) is 0. The van der Waals surface area contributed by atoms with Crippen LogP contribution in [0.3, 0.4) is 0 Å². The van der Waals surface area contributed by atoms with Crippen molar-refractivity contribution >= 4 is 29.1 Å². The summed E-state index contributed by atoms with van der Waals surface area (Å²) in [6.45, 7) is 5.17. The van der Waals surface area contributed by atoms with E-state index in [1.807, 2.05) is 0 Å². The van der Waals surface area contributed by atoms with E-state index in [1.165, 1.54) is 17.7 Å². The van der Waals surface area contributed by atoms with E-state index in [2.05, 4.69) is 24.5 Å². The monoisotopic (exact) mass is 272 g/mol. The fourth-order valence-corrected chi connectivity index (χ4v) is 3.58. The number of hydrogen-bond donors (Lipinski definition) is 1. The third-order valence-electron chi connectivity index (χ3n) is 3.12. The van der Waals surface area contributed by atoms with E-state index in [0.29, 0.717) is 6.61 Å². The van der Waals surface area contributed by atoms with E-state index < -0.39 is 0 Å². The molecule has 0 aromatic carbocycles. The third kappa shape index (κ3) is 3.14. The number of anilines is 1. The molecule has 2 rings (SSSR count). The van der Waals surface area contributed by atoms with Crippen LogP contribution in [0.4, 0.5) is 5.13 Å². The number of ether oxygens (including phenoxy) is 1. The van der Waals surface area contributed by atoms with Gasteiger partial charge in [0.1, 0.15) is 0 Å². The Morgan fingerprint density at radius 1 is 1.59 bits per heavy atom. The summed E-state index contributed by atoms with van der Waals surface area (Å²) in [7, 11) is 1.71. The molecule has 1 aliphatic rings. The Balaban J connectivity index is 2.14. The summed E-state index contributed by atoms with van der Waals surface area (Å²) < 4.78 is 5.18. The van der Waals surface area contributed by atoms with Crippen LogP contribution < -0.4 is 4.90 Å². The zero-order valence-electron chi connectivity index (χ0n) is 10.5. The molecule has 0 aliphatic carbocycles. The first kappa shape index (κ1) is 13.2. The molecule has 0 amide bonds. The molecule has 5 heteroatoms. The van der Waals surface area contributed by atoms with Gasteiger partial charge in [0.05, 0.1) is 12.3 Å². The second-order valence-corrected chi connectivity index (χ2v) is 6.03. The van der Waals surface area contributed by atoms with Crippen LogP contribution in [0.1, 0.15) is 30.3 Å². The molecule has 3 nitrogen and oxygen atoms in total. The van der Waals surface area contributed by atoms with Crippen LogP contribution in [-0.4, -0.2) is 25.2 Å². The number of thiol groups is 1. The lowest BCUT2D eigenvalue weighted by Gasteiger charge is -2.30. The van der Waals surface area contributed by atoms with Gasteiger partial charge in [0.2, 0.25) is 0 Å². The molecule has 0 bridgehead atoms. The Kier molecular flexibility index (Phi) is 4.70. The molecule has 17 heavy (non-hydrogen) atoms. The maximum Gasteiger partial charge on any atom is 0.185 e. The number of thiazole rings is 1. The molecule has 0 N–H and O–H groups in total. The molecule has 0 spiro atoms. The minimum Gasteiger partial charge on any atom is -0.378 e. The first-order chi connectivity index (χ1) is 8.24. The van der Waals surface area contributed by atoms with E-state index in [1.54, 1.807) is 18.4 Å². The molecule has 1 fully saturated rings. The summed E-state index contributed by atoms with van der Waals surface area (Å²) in [6.07, 6.45) is 2.61. The number of aromatic nitrogens is 1. The van der Waals surface area contributed by atoms with E-state index in [-0.39, 0.29) is 0 Å². The van der Waals surface area contributed by atoms with Crippen LogP contribution in [0.25, 0.3) is 0 Å². The van der Waals surface area contributed by atoms with Crippen molar-refractivity contribution in [2.45, 2.75) is 32.1 Å². The maximum atomic E-state index is 5.18. The van der Waals surface area contributed by atoms with Gasteiger partial charge in [-0.2, -0.15) is 12.6 Å². The Labute approximate surface area is 113 Å². The molecule has 0 saturated carbocycles. The normalized spacial score (nSPS) is 20.9. The summed E-state index contributed by atoms with van der Waals surface area (Å²) in [5.41, 5.74) is 1.06. The highest BCUT2D eigenvalue weighted by Gasteiger charge is 2.20. The minimum atomic E-state index is 0.593. The predicted molar refractivity (Wildman–Crippen MR) is 76.1 cm³/mol. The Hall–Kier alpha value is -0.260. The first-order valence-electron chi connectivity index (χ1n) is 6.08. The number of nitrogens with zero attached hydrogens (tertiary/aromatic N) is 2. The minimum absolute atomic E-state index is 0.593. The molecular weight excluding hydrogens is 252 g/mol. The van der Waals surface area contributed by atoms with Crippen LogP contribution in [-0.2, 0) is 17.1 Å². The van der Waals surface area contributed by atoms with Crippen molar-refractivity contribution in [1.82, 2.24) is 4.98 Å². The summed E-state index contributed by atoms with van der Waals surface area (Å²) in [5.74, 6) is 1.53. The molecule has 1 unspecified atom stereocenters. The highest BCUT2D eigenvalue weighted by molar-refractivity contribution is 7.79. The average Bonchev–Trinajstić information content (AvgIpc) is 2.73. The van der Waals surface area contributed by atoms with Gasteiger partial charge in [0, 0.05) is 30.8 Å². The average molecular weight is 272 g/mol. The van der Waals surface area contributed by atoms with Crippen molar-refractivity contribution in [2.75, 3.05) is 25.1 Å². The highest BCUT2D eigenvalue weighted by atomic mass is 32.1. The SMILES string of the molecule is COCc1nc(N2CCCC(C)C2)sc1CS. The molecule has 0 radical (unpaired) electrons. The zero-order valence-corrected chi connectivity index (χ0v) is 12.2. The van der Waals surface area contributed by atoms with Crippen LogP contribution >= 0.6 is 24.0 Å². The molecule has 1 aliphatic heterocycles. The number of methoxy groups -OCH3 is 1. The van der Waals surface area contributed by atoms with Crippen molar-refractivity contribution in [3.63, 3.8) is 0 Å². The predicted octanol–water partition coefficient (Wildman–Crippen LogP) is 2.96. The van der Waals surface area contributed by atoms with Crippen LogP contribution in [0, 0.1) is 5.92 Å². The summed E-state index contributed by atoms with van der Waals surface area (Å²) in [4.78, 5) is 8.35. The van der Waals surface area contributed by atoms with Gasteiger partial charge in [-0.25, -0.2) is 4.98 Å². The summed E-state index contributed by atoms with van der Waals surface area (Å²) in [5, 5.41) is 1.15. The van der Waals surface area contributed by atoms with Crippen LogP contribution in [0.2, 0.25) is 0 Å². The van der Waals surface area contributed by atoms with E-state index in [9.17, 15) is 0 Å². The molecule has 2 heterocycles. The van der Waals surface area contributed by atoms with E-state index in [0.717, 1.165) is 35.6 Å². The maximum absolute atomic E-state index is 5.18. The second-order valence-electron chi connectivity index (χ2n) is 4.65. The third-order valence-corrected chi connectivity index (χ3v) is 4.81. The fraction of sp³-hybridized carbons (Fsp3) is 0.750. The van der Waals surface area contributed by atoms with Gasteiger partial charge in [0.15, 0.2) is 5.13 Å². The largest absolute Gasteiger partial charge is 0.378 e. The fourth-order valence-electron chi connectivity index (χ4n) is 2.24. The first-order valence-corrected chi connectivity index (χ1v) is 7.52. The Bertz CT molecular complexity index is 367. The van der Waals surface area contributed by atoms with Crippen LogP contribution in [0.15, 0.2) is 0 Å². The molecule has 1 atom stereocenters. The molecular formula is C12H20N2OS2. The van der Waals surface area contributed by atoms with Crippen molar-refractivity contribution in [1.29, 1.82) is 0 Å². The van der Waals surface area contributed by atoms with Gasteiger partial charge in [-0.05, 0) is 18.8 Å². The topological polar surface area (TPSA) is 25.4 Å². The Morgan fingerprint density at radius 3 is 3.06 bits per heavy atom. The van der Waals surface area contributed by atoms with Gasteiger partial charge in [-0.1, -0.05) is 6.92 Å². The molecule has 1 saturated heterocycles.